The van der Waals surface area contributed by atoms with E-state index in [1.165, 1.54) is 4.90 Å². The SMILES string of the molecule is CSc1ccc(CNC(=O)NCc2ccc(S(C)=O)cc2)cc1. The van der Waals surface area contributed by atoms with Crippen LogP contribution < -0.4 is 10.6 Å². The molecule has 1 unspecified atom stereocenters. The van der Waals surface area contributed by atoms with Gasteiger partial charge in [-0.05, 0) is 41.6 Å². The number of hydrogen-bond donors (Lipinski definition) is 2. The molecule has 0 radical (unpaired) electrons. The maximum absolute atomic E-state index is 11.8. The monoisotopic (exact) mass is 348 g/mol. The van der Waals surface area contributed by atoms with E-state index < -0.39 is 10.8 Å². The van der Waals surface area contributed by atoms with E-state index in [4.69, 9.17) is 0 Å². The van der Waals surface area contributed by atoms with Crippen LogP contribution >= 0.6 is 11.8 Å². The third kappa shape index (κ3) is 5.73. The summed E-state index contributed by atoms with van der Waals surface area (Å²) in [5.41, 5.74) is 2.03. The molecule has 0 heterocycles. The van der Waals surface area contributed by atoms with Crippen LogP contribution in [0.15, 0.2) is 58.3 Å². The summed E-state index contributed by atoms with van der Waals surface area (Å²) < 4.78 is 11.3. The quantitative estimate of drug-likeness (QED) is 0.789. The number of urea groups is 1. The predicted octanol–water partition coefficient (Wildman–Crippen LogP) is 3.15. The van der Waals surface area contributed by atoms with E-state index in [-0.39, 0.29) is 6.03 Å². The van der Waals surface area contributed by atoms with Crippen molar-refractivity contribution < 1.29 is 9.00 Å². The minimum absolute atomic E-state index is 0.206. The zero-order valence-corrected chi connectivity index (χ0v) is 14.8. The van der Waals surface area contributed by atoms with Gasteiger partial charge < -0.3 is 10.6 Å². The van der Waals surface area contributed by atoms with Gasteiger partial charge in [-0.3, -0.25) is 4.21 Å². The Morgan fingerprint density at radius 3 is 1.87 bits per heavy atom. The molecular formula is C17H20N2O2S2. The normalized spacial score (nSPS) is 11.7. The molecule has 0 aliphatic rings. The molecule has 0 aliphatic heterocycles. The summed E-state index contributed by atoms with van der Waals surface area (Å²) in [6.45, 7) is 0.933. The van der Waals surface area contributed by atoms with Gasteiger partial charge in [0.05, 0.1) is 0 Å². The molecule has 6 heteroatoms. The van der Waals surface area contributed by atoms with Crippen LogP contribution in [0.1, 0.15) is 11.1 Å². The molecule has 1 atom stereocenters. The largest absolute Gasteiger partial charge is 0.334 e. The third-order valence-corrected chi connectivity index (χ3v) is 5.00. The number of nitrogens with one attached hydrogen (secondary N) is 2. The molecule has 0 saturated heterocycles. The van der Waals surface area contributed by atoms with Gasteiger partial charge in [0.25, 0.3) is 0 Å². The number of benzene rings is 2. The van der Waals surface area contributed by atoms with Gasteiger partial charge >= 0.3 is 6.03 Å². The van der Waals surface area contributed by atoms with Gasteiger partial charge in [0.2, 0.25) is 0 Å². The van der Waals surface area contributed by atoms with Gasteiger partial charge in [0, 0.05) is 39.9 Å². The molecule has 122 valence electrons. The molecule has 0 fully saturated rings. The second kappa shape index (κ2) is 8.74. The molecule has 2 N–H and O–H groups in total. The van der Waals surface area contributed by atoms with Crippen LogP contribution in [0.3, 0.4) is 0 Å². The Kier molecular flexibility index (Phi) is 6.67. The van der Waals surface area contributed by atoms with Gasteiger partial charge in [0.1, 0.15) is 0 Å². The van der Waals surface area contributed by atoms with Gasteiger partial charge in [0.15, 0.2) is 0 Å². The molecule has 0 aliphatic carbocycles. The van der Waals surface area contributed by atoms with Crippen molar-refractivity contribution in [3.63, 3.8) is 0 Å². The highest BCUT2D eigenvalue weighted by Gasteiger charge is 2.02. The van der Waals surface area contributed by atoms with Crippen LogP contribution in [0, 0.1) is 0 Å². The van der Waals surface area contributed by atoms with Gasteiger partial charge in [-0.2, -0.15) is 0 Å². The van der Waals surface area contributed by atoms with E-state index in [2.05, 4.69) is 10.6 Å². The maximum atomic E-state index is 11.8. The Balaban J connectivity index is 1.77. The number of rotatable bonds is 6. The van der Waals surface area contributed by atoms with Crippen LogP contribution in [-0.2, 0) is 23.9 Å². The van der Waals surface area contributed by atoms with Gasteiger partial charge in [-0.25, -0.2) is 4.79 Å². The fourth-order valence-electron chi connectivity index (χ4n) is 1.97. The lowest BCUT2D eigenvalue weighted by molar-refractivity contribution is 0.240. The van der Waals surface area contributed by atoms with E-state index in [1.54, 1.807) is 18.0 Å². The van der Waals surface area contributed by atoms with Crippen molar-refractivity contribution in [2.75, 3.05) is 12.5 Å². The first-order valence-corrected chi connectivity index (χ1v) is 9.94. The molecule has 0 aromatic heterocycles. The molecule has 4 nitrogen and oxygen atoms in total. The van der Waals surface area contributed by atoms with Crippen molar-refractivity contribution in [1.82, 2.24) is 10.6 Å². The summed E-state index contributed by atoms with van der Waals surface area (Å²) in [6, 6.07) is 15.3. The summed E-state index contributed by atoms with van der Waals surface area (Å²) in [5, 5.41) is 5.64. The van der Waals surface area contributed by atoms with Crippen molar-refractivity contribution in [3.8, 4) is 0 Å². The minimum Gasteiger partial charge on any atom is -0.334 e. The van der Waals surface area contributed by atoms with Crippen LogP contribution in [0.25, 0.3) is 0 Å². The Labute approximate surface area is 143 Å². The fourth-order valence-corrected chi connectivity index (χ4v) is 2.90. The number of carbonyl (C=O) groups excluding carboxylic acids is 1. The molecule has 0 saturated carbocycles. The van der Waals surface area contributed by atoms with Crippen LogP contribution in [0.5, 0.6) is 0 Å². The summed E-state index contributed by atoms with van der Waals surface area (Å²) in [6.07, 6.45) is 3.68. The zero-order valence-electron chi connectivity index (χ0n) is 13.2. The van der Waals surface area contributed by atoms with Crippen molar-refractivity contribution in [3.05, 3.63) is 59.7 Å². The highest BCUT2D eigenvalue weighted by atomic mass is 32.2. The first-order valence-electron chi connectivity index (χ1n) is 7.15. The van der Waals surface area contributed by atoms with Gasteiger partial charge in [-0.1, -0.05) is 24.3 Å². The average Bonchev–Trinajstić information content (AvgIpc) is 2.59. The third-order valence-electron chi connectivity index (χ3n) is 3.32. The maximum Gasteiger partial charge on any atom is 0.315 e. The lowest BCUT2D eigenvalue weighted by Crippen LogP contribution is -2.34. The van der Waals surface area contributed by atoms with Crippen LogP contribution in [-0.4, -0.2) is 22.8 Å². The van der Waals surface area contributed by atoms with Crippen molar-refractivity contribution in [1.29, 1.82) is 0 Å². The highest BCUT2D eigenvalue weighted by Crippen LogP contribution is 2.14. The Morgan fingerprint density at radius 2 is 1.43 bits per heavy atom. The molecule has 2 rings (SSSR count). The lowest BCUT2D eigenvalue weighted by atomic mass is 10.2. The highest BCUT2D eigenvalue weighted by molar-refractivity contribution is 7.98. The molecule has 0 spiro atoms. The van der Waals surface area contributed by atoms with E-state index in [1.807, 2.05) is 54.8 Å². The first-order chi connectivity index (χ1) is 11.1. The summed E-state index contributed by atoms with van der Waals surface area (Å²) >= 11 is 1.69. The Hall–Kier alpha value is -1.79. The first kappa shape index (κ1) is 17.6. The molecule has 2 aromatic rings. The number of thioether (sulfide) groups is 1. The predicted molar refractivity (Wildman–Crippen MR) is 96.1 cm³/mol. The topological polar surface area (TPSA) is 58.2 Å². The van der Waals surface area contributed by atoms with Crippen molar-refractivity contribution in [2.24, 2.45) is 0 Å². The molecule has 0 bridgehead atoms. The minimum atomic E-state index is -0.978. The average molecular weight is 348 g/mol. The smallest absolute Gasteiger partial charge is 0.315 e. The molecular weight excluding hydrogens is 328 g/mol. The summed E-state index contributed by atoms with van der Waals surface area (Å²) in [4.78, 5) is 13.8. The van der Waals surface area contributed by atoms with E-state index in [0.717, 1.165) is 16.0 Å². The Bertz CT molecular complexity index is 670. The van der Waals surface area contributed by atoms with E-state index >= 15 is 0 Å². The van der Waals surface area contributed by atoms with E-state index in [0.29, 0.717) is 13.1 Å². The van der Waals surface area contributed by atoms with Crippen molar-refractivity contribution in [2.45, 2.75) is 22.9 Å². The number of amides is 2. The van der Waals surface area contributed by atoms with Gasteiger partial charge in [-0.15, -0.1) is 11.8 Å². The Morgan fingerprint density at radius 1 is 0.957 bits per heavy atom. The lowest BCUT2D eigenvalue weighted by Gasteiger charge is -2.08. The molecule has 2 amide bonds. The molecule has 2 aromatic carbocycles. The number of hydrogen-bond acceptors (Lipinski definition) is 3. The standard InChI is InChI=1S/C17H20N2O2S2/c1-22-15-7-3-13(4-8-15)11-18-17(20)19-12-14-5-9-16(10-6-14)23(2)21/h3-10H,11-12H2,1-2H3,(H2,18,19,20). The fraction of sp³-hybridized carbons (Fsp3) is 0.235. The molecule has 23 heavy (non-hydrogen) atoms. The van der Waals surface area contributed by atoms with Crippen molar-refractivity contribution >= 4 is 28.6 Å². The zero-order chi connectivity index (χ0) is 16.7. The summed E-state index contributed by atoms with van der Waals surface area (Å²) in [7, 11) is -0.978. The second-order valence-corrected chi connectivity index (χ2v) is 7.24. The second-order valence-electron chi connectivity index (χ2n) is 4.98. The van der Waals surface area contributed by atoms with Crippen LogP contribution in [0.2, 0.25) is 0 Å². The van der Waals surface area contributed by atoms with Crippen LogP contribution in [0.4, 0.5) is 4.79 Å². The van der Waals surface area contributed by atoms with E-state index in [9.17, 15) is 9.00 Å². The number of carbonyl (C=O) groups is 1. The summed E-state index contributed by atoms with van der Waals surface area (Å²) in [5.74, 6) is 0.